The number of aryl methyl sites for hydroxylation is 1. The Hall–Kier alpha value is -0.930. The third-order valence-electron chi connectivity index (χ3n) is 1.76. The molecule has 1 aromatic carbocycles. The number of benzene rings is 1. The van der Waals surface area contributed by atoms with Crippen LogP contribution in [0.5, 0.6) is 0 Å². The third-order valence-corrected chi connectivity index (χ3v) is 2.36. The first-order valence-corrected chi connectivity index (χ1v) is 5.30. The lowest BCUT2D eigenvalue weighted by Crippen LogP contribution is -2.28. The second-order valence-electron chi connectivity index (χ2n) is 3.09. The van der Waals surface area contributed by atoms with Crippen LogP contribution in [0.3, 0.4) is 0 Å². The molecule has 5 heteroatoms. The van der Waals surface area contributed by atoms with E-state index in [1.54, 1.807) is 12.1 Å². The molecule has 1 rings (SSSR count). The van der Waals surface area contributed by atoms with Gasteiger partial charge in [0.2, 0.25) is 0 Å². The van der Waals surface area contributed by atoms with Gasteiger partial charge in [0.15, 0.2) is 0 Å². The van der Waals surface area contributed by atoms with E-state index in [1.165, 1.54) is 0 Å². The summed E-state index contributed by atoms with van der Waals surface area (Å²) in [6.07, 6.45) is 0. The molecule has 2 N–H and O–H groups in total. The van der Waals surface area contributed by atoms with Crippen molar-refractivity contribution in [1.82, 2.24) is 5.32 Å². The van der Waals surface area contributed by atoms with Crippen molar-refractivity contribution in [2.24, 2.45) is 0 Å². The molecule has 0 aliphatic heterocycles. The average molecular weight is 247 g/mol. The summed E-state index contributed by atoms with van der Waals surface area (Å²) in [4.78, 5) is 11.3. The number of hydrogen-bond acceptors (Lipinski definition) is 1. The second kappa shape index (κ2) is 5.24. The fourth-order valence-corrected chi connectivity index (χ4v) is 1.83. The summed E-state index contributed by atoms with van der Waals surface area (Å²) in [6.45, 7) is 4.26. The van der Waals surface area contributed by atoms with Crippen molar-refractivity contribution in [2.75, 3.05) is 11.9 Å². The molecule has 0 saturated carbocycles. The molecule has 0 spiro atoms. The number of carbonyl (C=O) groups excluding carboxylic acids is 1. The Morgan fingerprint density at radius 3 is 2.33 bits per heavy atom. The van der Waals surface area contributed by atoms with Gasteiger partial charge < -0.3 is 10.6 Å². The number of anilines is 1. The van der Waals surface area contributed by atoms with Crippen LogP contribution < -0.4 is 10.6 Å². The van der Waals surface area contributed by atoms with Crippen molar-refractivity contribution in [1.29, 1.82) is 0 Å². The predicted molar refractivity (Wildman–Crippen MR) is 63.9 cm³/mol. The lowest BCUT2D eigenvalue weighted by atomic mass is 10.2. The number of urea groups is 1. The molecule has 1 aromatic rings. The Bertz CT molecular complexity index is 357. The number of halogens is 2. The molecule has 82 valence electrons. The van der Waals surface area contributed by atoms with E-state index < -0.39 is 0 Å². The molecule has 0 aliphatic rings. The van der Waals surface area contributed by atoms with Gasteiger partial charge in [-0.2, -0.15) is 0 Å². The maximum atomic E-state index is 11.3. The van der Waals surface area contributed by atoms with E-state index in [4.69, 9.17) is 23.2 Å². The summed E-state index contributed by atoms with van der Waals surface area (Å²) in [5.74, 6) is 0. The largest absolute Gasteiger partial charge is 0.338 e. The minimum atomic E-state index is -0.315. The Morgan fingerprint density at radius 2 is 1.87 bits per heavy atom. The van der Waals surface area contributed by atoms with E-state index >= 15 is 0 Å². The summed E-state index contributed by atoms with van der Waals surface area (Å²) in [5, 5.41) is 6.06. The Balaban J connectivity index is 2.90. The highest BCUT2D eigenvalue weighted by molar-refractivity contribution is 6.39. The van der Waals surface area contributed by atoms with E-state index in [9.17, 15) is 4.79 Å². The Labute approximate surface area is 98.8 Å². The van der Waals surface area contributed by atoms with Crippen molar-refractivity contribution in [3.8, 4) is 0 Å². The fourth-order valence-electron chi connectivity index (χ4n) is 1.14. The zero-order chi connectivity index (χ0) is 11.4. The predicted octanol–water partition coefficient (Wildman–Crippen LogP) is 3.44. The number of nitrogens with one attached hydrogen (secondary N) is 2. The monoisotopic (exact) mass is 246 g/mol. The summed E-state index contributed by atoms with van der Waals surface area (Å²) in [7, 11) is 0. The molecule has 0 heterocycles. The first-order valence-electron chi connectivity index (χ1n) is 4.55. The van der Waals surface area contributed by atoms with Crippen molar-refractivity contribution in [3.05, 3.63) is 27.7 Å². The van der Waals surface area contributed by atoms with Gasteiger partial charge in [0.1, 0.15) is 0 Å². The van der Waals surface area contributed by atoms with Crippen LogP contribution in [0, 0.1) is 6.92 Å². The lowest BCUT2D eigenvalue weighted by Gasteiger charge is -2.10. The van der Waals surface area contributed by atoms with Gasteiger partial charge in [0.05, 0.1) is 15.7 Å². The topological polar surface area (TPSA) is 41.1 Å². The van der Waals surface area contributed by atoms with Gasteiger partial charge in [0.25, 0.3) is 0 Å². The molecule has 0 atom stereocenters. The molecular weight excluding hydrogens is 235 g/mol. The van der Waals surface area contributed by atoms with Crippen LogP contribution in [-0.2, 0) is 0 Å². The van der Waals surface area contributed by atoms with Crippen LogP contribution in [0.1, 0.15) is 12.5 Å². The minimum absolute atomic E-state index is 0.315. The van der Waals surface area contributed by atoms with Crippen LogP contribution in [0.2, 0.25) is 10.0 Å². The highest BCUT2D eigenvalue weighted by atomic mass is 35.5. The number of amides is 2. The number of rotatable bonds is 2. The van der Waals surface area contributed by atoms with Crippen molar-refractivity contribution in [2.45, 2.75) is 13.8 Å². The average Bonchev–Trinajstić information content (AvgIpc) is 2.11. The molecule has 0 aliphatic carbocycles. The number of hydrogen-bond donors (Lipinski definition) is 2. The summed E-state index contributed by atoms with van der Waals surface area (Å²) in [6, 6.07) is 3.18. The SMILES string of the molecule is CCNC(=O)Nc1c(Cl)cc(C)cc1Cl. The van der Waals surface area contributed by atoms with Crippen molar-refractivity contribution >= 4 is 34.9 Å². The zero-order valence-electron chi connectivity index (χ0n) is 8.53. The summed E-state index contributed by atoms with van der Waals surface area (Å²) < 4.78 is 0. The quantitative estimate of drug-likeness (QED) is 0.825. The smallest absolute Gasteiger partial charge is 0.319 e. The van der Waals surface area contributed by atoms with Crippen LogP contribution in [0.25, 0.3) is 0 Å². The van der Waals surface area contributed by atoms with Crippen LogP contribution in [-0.4, -0.2) is 12.6 Å². The molecule has 0 unspecified atom stereocenters. The second-order valence-corrected chi connectivity index (χ2v) is 3.90. The molecule has 3 nitrogen and oxygen atoms in total. The summed E-state index contributed by atoms with van der Waals surface area (Å²) >= 11 is 11.9. The molecule has 2 amide bonds. The van der Waals surface area contributed by atoms with Crippen LogP contribution >= 0.6 is 23.2 Å². The molecule has 0 saturated heterocycles. The molecular formula is C10H12Cl2N2O. The van der Waals surface area contributed by atoms with E-state index in [0.717, 1.165) is 5.56 Å². The molecule has 0 bridgehead atoms. The Morgan fingerprint density at radius 1 is 1.33 bits per heavy atom. The first kappa shape index (κ1) is 12.1. The molecule has 15 heavy (non-hydrogen) atoms. The van der Waals surface area contributed by atoms with Gasteiger partial charge >= 0.3 is 6.03 Å². The van der Waals surface area contributed by atoms with Gasteiger partial charge in [-0.15, -0.1) is 0 Å². The van der Waals surface area contributed by atoms with Gasteiger partial charge in [0, 0.05) is 6.54 Å². The van der Waals surface area contributed by atoms with E-state index in [0.29, 0.717) is 22.3 Å². The maximum absolute atomic E-state index is 11.3. The van der Waals surface area contributed by atoms with E-state index in [1.807, 2.05) is 13.8 Å². The standard InChI is InChI=1S/C10H12Cl2N2O/c1-3-13-10(15)14-9-7(11)4-6(2)5-8(9)12/h4-5H,3H2,1-2H3,(H2,13,14,15). The van der Waals surface area contributed by atoms with E-state index in [-0.39, 0.29) is 6.03 Å². The molecule has 0 radical (unpaired) electrons. The Kier molecular flexibility index (Phi) is 4.24. The lowest BCUT2D eigenvalue weighted by molar-refractivity contribution is 0.252. The fraction of sp³-hybridized carbons (Fsp3) is 0.300. The van der Waals surface area contributed by atoms with E-state index in [2.05, 4.69) is 10.6 Å². The van der Waals surface area contributed by atoms with Crippen LogP contribution in [0.15, 0.2) is 12.1 Å². The minimum Gasteiger partial charge on any atom is -0.338 e. The third kappa shape index (κ3) is 3.29. The van der Waals surface area contributed by atoms with Gasteiger partial charge in [-0.1, -0.05) is 23.2 Å². The highest BCUT2D eigenvalue weighted by Crippen LogP contribution is 2.31. The van der Waals surface area contributed by atoms with Crippen molar-refractivity contribution < 1.29 is 4.79 Å². The molecule has 0 fully saturated rings. The normalized spacial score (nSPS) is 9.87. The van der Waals surface area contributed by atoms with Crippen molar-refractivity contribution in [3.63, 3.8) is 0 Å². The van der Waals surface area contributed by atoms with Gasteiger partial charge in [-0.3, -0.25) is 0 Å². The number of carbonyl (C=O) groups is 1. The van der Waals surface area contributed by atoms with Gasteiger partial charge in [-0.25, -0.2) is 4.79 Å². The zero-order valence-corrected chi connectivity index (χ0v) is 10.0. The molecule has 0 aromatic heterocycles. The van der Waals surface area contributed by atoms with Gasteiger partial charge in [-0.05, 0) is 31.5 Å². The maximum Gasteiger partial charge on any atom is 0.319 e. The summed E-state index contributed by atoms with van der Waals surface area (Å²) in [5.41, 5.74) is 1.39. The highest BCUT2D eigenvalue weighted by Gasteiger charge is 2.09. The van der Waals surface area contributed by atoms with Crippen LogP contribution in [0.4, 0.5) is 10.5 Å². The first-order chi connectivity index (χ1) is 7.04.